The van der Waals surface area contributed by atoms with Gasteiger partial charge in [0.1, 0.15) is 6.10 Å². The number of amides is 2. The molecule has 170 valence electrons. The predicted octanol–water partition coefficient (Wildman–Crippen LogP) is 3.94. The number of hydrogen-bond donors (Lipinski definition) is 2. The molecular formula is C23H25ClN2O6. The summed E-state index contributed by atoms with van der Waals surface area (Å²) in [6.45, 7) is 0.379. The molecule has 1 unspecified atom stereocenters. The van der Waals surface area contributed by atoms with Crippen LogP contribution < -0.4 is 10.6 Å². The summed E-state index contributed by atoms with van der Waals surface area (Å²) < 4.78 is 15.5. The Morgan fingerprint density at radius 3 is 2.50 bits per heavy atom. The number of ether oxygens (including phenoxy) is 3. The zero-order valence-electron chi connectivity index (χ0n) is 17.9. The van der Waals surface area contributed by atoms with Crippen LogP contribution in [-0.2, 0) is 19.0 Å². The van der Waals surface area contributed by atoms with Crippen LogP contribution in [0.3, 0.4) is 0 Å². The minimum absolute atomic E-state index is 0.00426. The molecule has 1 aliphatic rings. The second-order valence-electron chi connectivity index (χ2n) is 7.32. The highest BCUT2D eigenvalue weighted by Gasteiger charge is 2.30. The van der Waals surface area contributed by atoms with Gasteiger partial charge in [-0.15, -0.1) is 0 Å². The Kier molecular flexibility index (Phi) is 8.08. The SMILES string of the molecule is COC(=O)NCCOC(c1cccc(Cl)c1)c1cc(NC(=O)C2CC2)cc(C(=O)OC)c1. The Bertz CT molecular complexity index is 992. The van der Waals surface area contributed by atoms with Crippen molar-refractivity contribution in [3.05, 3.63) is 64.2 Å². The number of alkyl carbamates (subject to hydrolysis) is 1. The summed E-state index contributed by atoms with van der Waals surface area (Å²) in [6.07, 6.45) is 0.535. The normalized spacial score (nSPS) is 13.7. The molecule has 9 heteroatoms. The van der Waals surface area contributed by atoms with Crippen LogP contribution in [0.15, 0.2) is 42.5 Å². The number of carbonyl (C=O) groups is 3. The number of anilines is 1. The van der Waals surface area contributed by atoms with E-state index < -0.39 is 18.2 Å². The van der Waals surface area contributed by atoms with Crippen molar-refractivity contribution in [3.63, 3.8) is 0 Å². The van der Waals surface area contributed by atoms with Gasteiger partial charge in [0, 0.05) is 23.2 Å². The fourth-order valence-corrected chi connectivity index (χ4v) is 3.36. The van der Waals surface area contributed by atoms with Crippen LogP contribution in [0.2, 0.25) is 5.02 Å². The first-order valence-corrected chi connectivity index (χ1v) is 10.5. The van der Waals surface area contributed by atoms with Crippen molar-refractivity contribution in [1.29, 1.82) is 0 Å². The molecule has 2 N–H and O–H groups in total. The van der Waals surface area contributed by atoms with Gasteiger partial charge >= 0.3 is 12.1 Å². The molecule has 0 aromatic heterocycles. The highest BCUT2D eigenvalue weighted by atomic mass is 35.5. The van der Waals surface area contributed by atoms with Gasteiger partial charge in [-0.2, -0.15) is 0 Å². The molecule has 0 radical (unpaired) electrons. The lowest BCUT2D eigenvalue weighted by Crippen LogP contribution is -2.27. The van der Waals surface area contributed by atoms with Crippen molar-refractivity contribution < 1.29 is 28.6 Å². The van der Waals surface area contributed by atoms with Gasteiger partial charge in [-0.3, -0.25) is 4.79 Å². The molecule has 3 rings (SSSR count). The number of rotatable bonds is 9. The van der Waals surface area contributed by atoms with Crippen LogP contribution in [0.4, 0.5) is 10.5 Å². The summed E-state index contributed by atoms with van der Waals surface area (Å²) in [5.74, 6) is -0.615. The molecule has 32 heavy (non-hydrogen) atoms. The third-order valence-corrected chi connectivity index (χ3v) is 5.12. The standard InChI is InChI=1S/C23H25ClN2O6/c1-30-22(28)17-10-16(12-19(13-17)26-21(27)14-6-7-14)20(15-4-3-5-18(24)11-15)32-9-8-25-23(29)31-2/h3-5,10-14,20H,6-9H2,1-2H3,(H,25,29)(H,26,27). The number of nitrogens with one attached hydrogen (secondary N) is 2. The highest BCUT2D eigenvalue weighted by molar-refractivity contribution is 6.30. The number of benzene rings is 2. The van der Waals surface area contributed by atoms with E-state index in [0.717, 1.165) is 18.4 Å². The lowest BCUT2D eigenvalue weighted by Gasteiger charge is -2.21. The first kappa shape index (κ1) is 23.6. The Morgan fingerprint density at radius 2 is 1.84 bits per heavy atom. The summed E-state index contributed by atoms with van der Waals surface area (Å²) in [4.78, 5) is 35.9. The van der Waals surface area contributed by atoms with Gasteiger partial charge in [0.05, 0.1) is 26.4 Å². The second-order valence-corrected chi connectivity index (χ2v) is 7.76. The lowest BCUT2D eigenvalue weighted by molar-refractivity contribution is -0.117. The van der Waals surface area contributed by atoms with Crippen LogP contribution in [-0.4, -0.2) is 45.3 Å². The van der Waals surface area contributed by atoms with Gasteiger partial charge in [0.25, 0.3) is 0 Å². The van der Waals surface area contributed by atoms with Crippen LogP contribution in [0.1, 0.15) is 40.4 Å². The largest absolute Gasteiger partial charge is 0.465 e. The fourth-order valence-electron chi connectivity index (χ4n) is 3.16. The topological polar surface area (TPSA) is 103 Å². The number of hydrogen-bond acceptors (Lipinski definition) is 6. The number of carbonyl (C=O) groups excluding carboxylic acids is 3. The van der Waals surface area contributed by atoms with Crippen molar-refractivity contribution in [2.75, 3.05) is 32.7 Å². The molecular weight excluding hydrogens is 436 g/mol. The lowest BCUT2D eigenvalue weighted by atomic mass is 9.98. The van der Waals surface area contributed by atoms with Gasteiger partial charge in [-0.1, -0.05) is 23.7 Å². The summed E-state index contributed by atoms with van der Waals surface area (Å²) >= 11 is 6.18. The van der Waals surface area contributed by atoms with E-state index in [1.807, 2.05) is 6.07 Å². The Morgan fingerprint density at radius 1 is 1.06 bits per heavy atom. The predicted molar refractivity (Wildman–Crippen MR) is 119 cm³/mol. The monoisotopic (exact) mass is 460 g/mol. The molecule has 1 aliphatic carbocycles. The quantitative estimate of drug-likeness (QED) is 0.434. The van der Waals surface area contributed by atoms with Gasteiger partial charge in [-0.25, -0.2) is 9.59 Å². The third-order valence-electron chi connectivity index (χ3n) is 4.89. The molecule has 0 saturated heterocycles. The van der Waals surface area contributed by atoms with Crippen molar-refractivity contribution in [2.45, 2.75) is 18.9 Å². The maximum absolute atomic E-state index is 12.3. The van der Waals surface area contributed by atoms with E-state index in [-0.39, 0.29) is 30.5 Å². The van der Waals surface area contributed by atoms with Gasteiger partial charge < -0.3 is 24.8 Å². The van der Waals surface area contributed by atoms with Gasteiger partial charge in [0.15, 0.2) is 0 Å². The minimum atomic E-state index is -0.616. The van der Waals surface area contributed by atoms with E-state index in [1.54, 1.807) is 36.4 Å². The third kappa shape index (κ3) is 6.45. The highest BCUT2D eigenvalue weighted by Crippen LogP contribution is 2.33. The molecule has 2 aromatic carbocycles. The fraction of sp³-hybridized carbons (Fsp3) is 0.348. The average molecular weight is 461 g/mol. The zero-order chi connectivity index (χ0) is 23.1. The van der Waals surface area contributed by atoms with Crippen molar-refractivity contribution >= 4 is 35.3 Å². The first-order chi connectivity index (χ1) is 15.4. The van der Waals surface area contributed by atoms with Gasteiger partial charge in [-0.05, 0) is 54.3 Å². The van der Waals surface area contributed by atoms with E-state index >= 15 is 0 Å². The number of esters is 1. The van der Waals surface area contributed by atoms with Crippen LogP contribution in [0.5, 0.6) is 0 Å². The van der Waals surface area contributed by atoms with E-state index in [2.05, 4.69) is 15.4 Å². The van der Waals surface area contributed by atoms with Crippen LogP contribution in [0.25, 0.3) is 0 Å². The Balaban J connectivity index is 1.92. The maximum Gasteiger partial charge on any atom is 0.406 e. The molecule has 0 heterocycles. The van der Waals surface area contributed by atoms with E-state index in [4.69, 9.17) is 21.1 Å². The minimum Gasteiger partial charge on any atom is -0.465 e. The zero-order valence-corrected chi connectivity index (χ0v) is 18.6. The molecule has 0 aliphatic heterocycles. The molecule has 1 fully saturated rings. The van der Waals surface area contributed by atoms with Gasteiger partial charge in [0.2, 0.25) is 5.91 Å². The second kappa shape index (κ2) is 11.0. The molecule has 1 saturated carbocycles. The summed E-state index contributed by atoms with van der Waals surface area (Å²) in [5.41, 5.74) is 2.12. The smallest absolute Gasteiger partial charge is 0.406 e. The number of methoxy groups -OCH3 is 2. The maximum atomic E-state index is 12.3. The average Bonchev–Trinajstić information content (AvgIpc) is 3.63. The molecule has 1 atom stereocenters. The van der Waals surface area contributed by atoms with Crippen molar-refractivity contribution in [3.8, 4) is 0 Å². The molecule has 0 bridgehead atoms. The van der Waals surface area contributed by atoms with Crippen molar-refractivity contribution in [1.82, 2.24) is 5.32 Å². The van der Waals surface area contributed by atoms with E-state index in [9.17, 15) is 14.4 Å². The number of halogens is 1. The molecule has 0 spiro atoms. The summed E-state index contributed by atoms with van der Waals surface area (Å²) in [6, 6.07) is 12.1. The van der Waals surface area contributed by atoms with E-state index in [0.29, 0.717) is 16.3 Å². The molecule has 8 nitrogen and oxygen atoms in total. The van der Waals surface area contributed by atoms with Crippen LogP contribution >= 0.6 is 11.6 Å². The molecule has 2 amide bonds. The first-order valence-electron chi connectivity index (χ1n) is 10.1. The Labute approximate surface area is 191 Å². The molecule has 2 aromatic rings. The van der Waals surface area contributed by atoms with Crippen LogP contribution in [0, 0.1) is 5.92 Å². The summed E-state index contributed by atoms with van der Waals surface area (Å²) in [7, 11) is 2.57. The van der Waals surface area contributed by atoms with Crippen molar-refractivity contribution in [2.24, 2.45) is 5.92 Å². The van der Waals surface area contributed by atoms with E-state index in [1.165, 1.54) is 14.2 Å². The Hall–Kier alpha value is -3.10. The summed E-state index contributed by atoms with van der Waals surface area (Å²) in [5, 5.41) is 5.95.